The van der Waals surface area contributed by atoms with Crippen molar-refractivity contribution in [2.45, 2.75) is 19.6 Å². The third-order valence-corrected chi connectivity index (χ3v) is 1.86. The van der Waals surface area contributed by atoms with E-state index in [-0.39, 0.29) is 24.3 Å². The summed E-state index contributed by atoms with van der Waals surface area (Å²) in [5.41, 5.74) is 7.08. The fourth-order valence-corrected chi connectivity index (χ4v) is 1.20. The van der Waals surface area contributed by atoms with Gasteiger partial charge in [0, 0.05) is 18.7 Å². The first kappa shape index (κ1) is 13.4. The Labute approximate surface area is 89.7 Å². The molecule has 0 aliphatic carbocycles. The van der Waals surface area contributed by atoms with Crippen molar-refractivity contribution >= 4 is 12.4 Å². The van der Waals surface area contributed by atoms with E-state index in [9.17, 15) is 4.39 Å². The lowest BCUT2D eigenvalue weighted by atomic mass is 10.1. The van der Waals surface area contributed by atoms with Gasteiger partial charge in [-0.3, -0.25) is 0 Å². The zero-order valence-electron chi connectivity index (χ0n) is 8.29. The maximum Gasteiger partial charge on any atom is 0.127 e. The lowest BCUT2D eigenvalue weighted by Crippen LogP contribution is -2.08. The smallest absolute Gasteiger partial charge is 0.127 e. The van der Waals surface area contributed by atoms with Crippen LogP contribution in [0.15, 0.2) is 18.2 Å². The largest absolute Gasteiger partial charge is 0.380 e. The molecule has 0 amide bonds. The van der Waals surface area contributed by atoms with Crippen LogP contribution in [-0.2, 0) is 11.3 Å². The van der Waals surface area contributed by atoms with Crippen molar-refractivity contribution in [2.24, 2.45) is 5.73 Å². The van der Waals surface area contributed by atoms with E-state index >= 15 is 0 Å². The van der Waals surface area contributed by atoms with Crippen molar-refractivity contribution in [1.29, 1.82) is 0 Å². The monoisotopic (exact) mass is 219 g/mol. The Morgan fingerprint density at radius 3 is 2.64 bits per heavy atom. The van der Waals surface area contributed by atoms with Gasteiger partial charge in [-0.15, -0.1) is 12.4 Å². The molecule has 0 bridgehead atoms. The molecule has 0 aliphatic heterocycles. The Balaban J connectivity index is 0.00000169. The molecule has 0 heterocycles. The van der Waals surface area contributed by atoms with E-state index in [0.29, 0.717) is 12.2 Å². The van der Waals surface area contributed by atoms with Gasteiger partial charge >= 0.3 is 0 Å². The summed E-state index contributed by atoms with van der Waals surface area (Å²) in [6.45, 7) is 2.25. The van der Waals surface area contributed by atoms with Crippen LogP contribution in [0.1, 0.15) is 24.1 Å². The van der Waals surface area contributed by atoms with Crippen LogP contribution in [-0.4, -0.2) is 7.11 Å². The molecule has 0 aliphatic rings. The maximum absolute atomic E-state index is 13.1. The first-order valence-electron chi connectivity index (χ1n) is 4.18. The van der Waals surface area contributed by atoms with Gasteiger partial charge in [0.1, 0.15) is 5.82 Å². The standard InChI is InChI=1S/C10H14FNO.ClH/c1-7(12)9-5-8(6-13-2)3-4-10(9)11;/h3-5,7H,6,12H2,1-2H3;1H. The van der Waals surface area contributed by atoms with E-state index in [1.807, 2.05) is 0 Å². The number of methoxy groups -OCH3 is 1. The topological polar surface area (TPSA) is 35.2 Å². The van der Waals surface area contributed by atoms with Crippen molar-refractivity contribution in [3.05, 3.63) is 35.1 Å². The minimum atomic E-state index is -0.281. The molecule has 0 saturated heterocycles. The molecule has 80 valence electrons. The van der Waals surface area contributed by atoms with E-state index < -0.39 is 0 Å². The second-order valence-electron chi connectivity index (χ2n) is 3.08. The number of ether oxygens (including phenoxy) is 1. The number of hydrogen-bond acceptors (Lipinski definition) is 2. The molecular weight excluding hydrogens is 205 g/mol. The van der Waals surface area contributed by atoms with Gasteiger partial charge in [0.15, 0.2) is 0 Å². The number of halogens is 2. The molecule has 4 heteroatoms. The number of nitrogens with two attached hydrogens (primary N) is 1. The van der Waals surface area contributed by atoms with Gasteiger partial charge in [-0.25, -0.2) is 4.39 Å². The maximum atomic E-state index is 13.1. The van der Waals surface area contributed by atoms with Crippen molar-refractivity contribution in [3.63, 3.8) is 0 Å². The van der Waals surface area contributed by atoms with E-state index in [4.69, 9.17) is 10.5 Å². The van der Waals surface area contributed by atoms with Crippen LogP contribution in [0, 0.1) is 5.82 Å². The fourth-order valence-electron chi connectivity index (χ4n) is 1.20. The number of rotatable bonds is 3. The van der Waals surface area contributed by atoms with Crippen molar-refractivity contribution in [2.75, 3.05) is 7.11 Å². The first-order chi connectivity index (χ1) is 6.15. The average Bonchev–Trinajstić information content (AvgIpc) is 2.08. The quantitative estimate of drug-likeness (QED) is 0.848. The summed E-state index contributed by atoms with van der Waals surface area (Å²) in [6.07, 6.45) is 0. The summed E-state index contributed by atoms with van der Waals surface area (Å²) in [4.78, 5) is 0. The van der Waals surface area contributed by atoms with Gasteiger partial charge in [0.2, 0.25) is 0 Å². The van der Waals surface area contributed by atoms with Crippen LogP contribution < -0.4 is 5.73 Å². The summed E-state index contributed by atoms with van der Waals surface area (Å²) in [5.74, 6) is -0.255. The summed E-state index contributed by atoms with van der Waals surface area (Å²) in [6, 6.07) is 4.58. The molecule has 0 radical (unpaired) electrons. The van der Waals surface area contributed by atoms with Crippen LogP contribution in [0.5, 0.6) is 0 Å². The average molecular weight is 220 g/mol. The molecule has 1 aromatic carbocycles. The molecule has 2 N–H and O–H groups in total. The van der Waals surface area contributed by atoms with E-state index in [0.717, 1.165) is 5.56 Å². The third kappa shape index (κ3) is 3.25. The van der Waals surface area contributed by atoms with Crippen LogP contribution in [0.2, 0.25) is 0 Å². The molecule has 0 fully saturated rings. The predicted octanol–water partition coefficient (Wildman–Crippen LogP) is 2.41. The Morgan fingerprint density at radius 1 is 1.50 bits per heavy atom. The second kappa shape index (κ2) is 5.96. The van der Waals surface area contributed by atoms with Crippen LogP contribution in [0.4, 0.5) is 4.39 Å². The van der Waals surface area contributed by atoms with Crippen molar-refractivity contribution in [1.82, 2.24) is 0 Å². The molecule has 1 unspecified atom stereocenters. The lowest BCUT2D eigenvalue weighted by Gasteiger charge is -2.09. The van der Waals surface area contributed by atoms with Crippen molar-refractivity contribution < 1.29 is 9.13 Å². The molecule has 0 spiro atoms. The Morgan fingerprint density at radius 2 is 2.14 bits per heavy atom. The first-order valence-corrected chi connectivity index (χ1v) is 4.18. The summed E-state index contributed by atoms with van der Waals surface area (Å²) < 4.78 is 18.1. The normalized spacial score (nSPS) is 12.0. The molecule has 2 nitrogen and oxygen atoms in total. The van der Waals surface area contributed by atoms with Gasteiger partial charge in [-0.05, 0) is 24.6 Å². The molecule has 1 rings (SSSR count). The Kier molecular flexibility index (Phi) is 5.69. The van der Waals surface area contributed by atoms with Crippen molar-refractivity contribution in [3.8, 4) is 0 Å². The van der Waals surface area contributed by atoms with E-state index in [1.54, 1.807) is 26.2 Å². The molecule has 1 aromatic rings. The molecular formula is C10H15ClFNO. The molecule has 0 aromatic heterocycles. The van der Waals surface area contributed by atoms with E-state index in [1.165, 1.54) is 6.07 Å². The molecule has 14 heavy (non-hydrogen) atoms. The number of hydrogen-bond donors (Lipinski definition) is 1. The fraction of sp³-hybridized carbons (Fsp3) is 0.400. The number of benzene rings is 1. The Bertz CT molecular complexity index is 291. The van der Waals surface area contributed by atoms with Crippen LogP contribution in [0.3, 0.4) is 0 Å². The zero-order valence-corrected chi connectivity index (χ0v) is 9.10. The van der Waals surface area contributed by atoms with Crippen LogP contribution >= 0.6 is 12.4 Å². The van der Waals surface area contributed by atoms with Gasteiger partial charge < -0.3 is 10.5 Å². The van der Waals surface area contributed by atoms with Gasteiger partial charge in [-0.2, -0.15) is 0 Å². The highest BCUT2D eigenvalue weighted by molar-refractivity contribution is 5.85. The summed E-state index contributed by atoms with van der Waals surface area (Å²) in [7, 11) is 1.61. The minimum absolute atomic E-state index is 0. The Hall–Kier alpha value is -0.640. The third-order valence-electron chi connectivity index (χ3n) is 1.86. The van der Waals surface area contributed by atoms with Gasteiger partial charge in [0.25, 0.3) is 0 Å². The zero-order chi connectivity index (χ0) is 9.84. The molecule has 0 saturated carbocycles. The lowest BCUT2D eigenvalue weighted by molar-refractivity contribution is 0.184. The summed E-state index contributed by atoms with van der Waals surface area (Å²) in [5, 5.41) is 0. The highest BCUT2D eigenvalue weighted by Gasteiger charge is 2.07. The predicted molar refractivity (Wildman–Crippen MR) is 57.0 cm³/mol. The van der Waals surface area contributed by atoms with Gasteiger partial charge in [-0.1, -0.05) is 6.07 Å². The molecule has 1 atom stereocenters. The van der Waals surface area contributed by atoms with E-state index in [2.05, 4.69) is 0 Å². The van der Waals surface area contributed by atoms with Crippen LogP contribution in [0.25, 0.3) is 0 Å². The second-order valence-corrected chi connectivity index (χ2v) is 3.08. The van der Waals surface area contributed by atoms with Gasteiger partial charge in [0.05, 0.1) is 6.61 Å². The summed E-state index contributed by atoms with van der Waals surface area (Å²) >= 11 is 0. The minimum Gasteiger partial charge on any atom is -0.380 e. The SMILES string of the molecule is COCc1ccc(F)c(C(C)N)c1.Cl. The highest BCUT2D eigenvalue weighted by Crippen LogP contribution is 2.16. The highest BCUT2D eigenvalue weighted by atomic mass is 35.5.